The second kappa shape index (κ2) is 6.92. The van der Waals surface area contributed by atoms with E-state index in [-0.39, 0.29) is 18.8 Å². The van der Waals surface area contributed by atoms with Gasteiger partial charge >= 0.3 is 5.97 Å². The van der Waals surface area contributed by atoms with Gasteiger partial charge in [0.2, 0.25) is 0 Å². The maximum atomic E-state index is 11.7. The average molecular weight is 275 g/mol. The monoisotopic (exact) mass is 275 g/mol. The number of nitrogens with zero attached hydrogens (tertiary/aromatic N) is 1. The van der Waals surface area contributed by atoms with Crippen LogP contribution in [0.25, 0.3) is 0 Å². The second-order valence-corrected chi connectivity index (χ2v) is 4.63. The number of esters is 1. The molecule has 0 aromatic heterocycles. The highest BCUT2D eigenvalue weighted by Gasteiger charge is 2.30. The molecule has 5 heteroatoms. The van der Waals surface area contributed by atoms with Gasteiger partial charge in [0.15, 0.2) is 6.61 Å². The summed E-state index contributed by atoms with van der Waals surface area (Å²) in [6.45, 7) is -0.203. The zero-order valence-corrected chi connectivity index (χ0v) is 11.4. The van der Waals surface area contributed by atoms with E-state index < -0.39 is 5.97 Å². The van der Waals surface area contributed by atoms with E-state index in [1.165, 1.54) is 0 Å². The summed E-state index contributed by atoms with van der Waals surface area (Å²) in [5.41, 5.74) is 0.399. The van der Waals surface area contributed by atoms with E-state index in [1.807, 2.05) is 6.07 Å². The second-order valence-electron chi connectivity index (χ2n) is 4.63. The predicted octanol–water partition coefficient (Wildman–Crippen LogP) is 2.05. The molecule has 1 aromatic carbocycles. The molecule has 0 aliphatic heterocycles. The van der Waals surface area contributed by atoms with Crippen LogP contribution in [0.2, 0.25) is 0 Å². The van der Waals surface area contributed by atoms with Crippen molar-refractivity contribution in [2.24, 2.45) is 0 Å². The molecule has 0 unspecified atom stereocenters. The quantitative estimate of drug-likeness (QED) is 0.769. The summed E-state index contributed by atoms with van der Waals surface area (Å²) in [7, 11) is 1.62. The standard InChI is InChI=1S/C15H17NO4/c1-18-13-7-4-8-14(13)20-15(17)10-19-12-6-3-2-5-11(12)9-16/h2-3,5-6,13-14H,4,7-8,10H2,1H3/t13-,14+/m0/s1. The van der Waals surface area contributed by atoms with Gasteiger partial charge in [-0.1, -0.05) is 12.1 Å². The Morgan fingerprint density at radius 2 is 2.10 bits per heavy atom. The lowest BCUT2D eigenvalue weighted by Crippen LogP contribution is -2.29. The largest absolute Gasteiger partial charge is 0.481 e. The fourth-order valence-electron chi connectivity index (χ4n) is 2.32. The Kier molecular flexibility index (Phi) is 4.97. The molecule has 1 aliphatic carbocycles. The van der Waals surface area contributed by atoms with Gasteiger partial charge in [0.05, 0.1) is 11.7 Å². The van der Waals surface area contributed by atoms with Crippen LogP contribution >= 0.6 is 0 Å². The highest BCUT2D eigenvalue weighted by molar-refractivity contribution is 5.71. The number of carbonyl (C=O) groups excluding carboxylic acids is 1. The minimum absolute atomic E-state index is 0.0228. The molecular formula is C15H17NO4. The molecule has 2 atom stereocenters. The van der Waals surface area contributed by atoms with Crippen molar-refractivity contribution in [3.05, 3.63) is 29.8 Å². The van der Waals surface area contributed by atoms with Gasteiger partial charge in [0.1, 0.15) is 17.9 Å². The number of ether oxygens (including phenoxy) is 3. The van der Waals surface area contributed by atoms with Gasteiger partial charge in [-0.3, -0.25) is 0 Å². The van der Waals surface area contributed by atoms with Crippen LogP contribution < -0.4 is 4.74 Å². The lowest BCUT2D eigenvalue weighted by atomic mass is 10.2. The first-order chi connectivity index (χ1) is 9.74. The van der Waals surface area contributed by atoms with Gasteiger partial charge in [-0.2, -0.15) is 5.26 Å². The average Bonchev–Trinajstić information content (AvgIpc) is 2.92. The van der Waals surface area contributed by atoms with Gasteiger partial charge in [-0.15, -0.1) is 0 Å². The molecule has 0 bridgehead atoms. The van der Waals surface area contributed by atoms with Gasteiger partial charge in [-0.25, -0.2) is 4.79 Å². The number of hydrogen-bond acceptors (Lipinski definition) is 5. The van der Waals surface area contributed by atoms with Crippen LogP contribution in [0.1, 0.15) is 24.8 Å². The molecule has 1 aromatic rings. The number of hydrogen-bond donors (Lipinski definition) is 0. The van der Waals surface area contributed by atoms with E-state index >= 15 is 0 Å². The first-order valence-electron chi connectivity index (χ1n) is 6.59. The van der Waals surface area contributed by atoms with Gasteiger partial charge < -0.3 is 14.2 Å². The number of rotatable bonds is 5. The minimum Gasteiger partial charge on any atom is -0.481 e. The van der Waals surface area contributed by atoms with Crippen LogP contribution in [0.3, 0.4) is 0 Å². The van der Waals surface area contributed by atoms with E-state index in [0.29, 0.717) is 11.3 Å². The maximum Gasteiger partial charge on any atom is 0.344 e. The summed E-state index contributed by atoms with van der Waals surface area (Å²) in [6.07, 6.45) is 2.51. The highest BCUT2D eigenvalue weighted by atomic mass is 16.6. The molecule has 0 N–H and O–H groups in total. The third kappa shape index (κ3) is 3.49. The Hall–Kier alpha value is -2.06. The summed E-state index contributed by atoms with van der Waals surface area (Å²) in [5, 5.41) is 8.92. The lowest BCUT2D eigenvalue weighted by molar-refractivity contribution is -0.156. The third-order valence-electron chi connectivity index (χ3n) is 3.33. The molecule has 0 radical (unpaired) electrons. The van der Waals surface area contributed by atoms with E-state index in [1.54, 1.807) is 31.4 Å². The van der Waals surface area contributed by atoms with Crippen molar-refractivity contribution in [1.29, 1.82) is 5.26 Å². The minimum atomic E-state index is -0.438. The smallest absolute Gasteiger partial charge is 0.344 e. The SMILES string of the molecule is CO[C@H]1CCC[C@H]1OC(=O)COc1ccccc1C#N. The fraction of sp³-hybridized carbons (Fsp3) is 0.467. The zero-order chi connectivity index (χ0) is 14.4. The molecule has 0 spiro atoms. The summed E-state index contributed by atoms with van der Waals surface area (Å²) >= 11 is 0. The van der Waals surface area contributed by atoms with Crippen LogP contribution in [0.4, 0.5) is 0 Å². The summed E-state index contributed by atoms with van der Waals surface area (Å²) < 4.78 is 15.9. The Balaban J connectivity index is 1.85. The van der Waals surface area contributed by atoms with Crippen LogP contribution in [0.15, 0.2) is 24.3 Å². The number of carbonyl (C=O) groups is 1. The number of para-hydroxylation sites is 1. The van der Waals surface area contributed by atoms with E-state index in [2.05, 4.69) is 0 Å². The molecule has 0 heterocycles. The molecule has 0 amide bonds. The third-order valence-corrected chi connectivity index (χ3v) is 3.33. The van der Waals surface area contributed by atoms with Crippen molar-refractivity contribution in [3.8, 4) is 11.8 Å². The Labute approximate surface area is 118 Å². The van der Waals surface area contributed by atoms with Crippen LogP contribution in [-0.4, -0.2) is 31.9 Å². The molecule has 5 nitrogen and oxygen atoms in total. The van der Waals surface area contributed by atoms with Crippen LogP contribution in [-0.2, 0) is 14.3 Å². The lowest BCUT2D eigenvalue weighted by Gasteiger charge is -2.18. The molecule has 106 valence electrons. The normalized spacial score (nSPS) is 21.2. The van der Waals surface area contributed by atoms with Crippen molar-refractivity contribution < 1.29 is 19.0 Å². The summed E-state index contributed by atoms with van der Waals surface area (Å²) in [5.74, 6) is -0.0478. The van der Waals surface area contributed by atoms with Crippen molar-refractivity contribution in [2.45, 2.75) is 31.5 Å². The zero-order valence-electron chi connectivity index (χ0n) is 11.4. The Bertz CT molecular complexity index is 509. The van der Waals surface area contributed by atoms with E-state index in [9.17, 15) is 4.79 Å². The molecule has 1 aliphatic rings. The predicted molar refractivity (Wildman–Crippen MR) is 71.2 cm³/mol. The van der Waals surface area contributed by atoms with Crippen molar-refractivity contribution >= 4 is 5.97 Å². The molecule has 1 fully saturated rings. The molecule has 1 saturated carbocycles. The Morgan fingerprint density at radius 3 is 2.85 bits per heavy atom. The Morgan fingerprint density at radius 1 is 1.35 bits per heavy atom. The summed E-state index contributed by atoms with van der Waals surface area (Å²) in [4.78, 5) is 11.7. The number of nitriles is 1. The van der Waals surface area contributed by atoms with Crippen LogP contribution in [0, 0.1) is 11.3 Å². The van der Waals surface area contributed by atoms with Gasteiger partial charge in [0.25, 0.3) is 0 Å². The maximum absolute atomic E-state index is 11.7. The number of benzene rings is 1. The van der Waals surface area contributed by atoms with Crippen molar-refractivity contribution in [3.63, 3.8) is 0 Å². The number of methoxy groups -OCH3 is 1. The first kappa shape index (κ1) is 14.4. The van der Waals surface area contributed by atoms with Crippen molar-refractivity contribution in [2.75, 3.05) is 13.7 Å². The molecule has 2 rings (SSSR count). The van der Waals surface area contributed by atoms with E-state index in [4.69, 9.17) is 19.5 Å². The molecule has 20 heavy (non-hydrogen) atoms. The molecular weight excluding hydrogens is 258 g/mol. The summed E-state index contributed by atoms with van der Waals surface area (Å²) in [6, 6.07) is 8.79. The first-order valence-corrected chi connectivity index (χ1v) is 6.59. The highest BCUT2D eigenvalue weighted by Crippen LogP contribution is 2.24. The van der Waals surface area contributed by atoms with Gasteiger partial charge in [-0.05, 0) is 31.4 Å². The molecule has 0 saturated heterocycles. The van der Waals surface area contributed by atoms with Crippen molar-refractivity contribution in [1.82, 2.24) is 0 Å². The fourth-order valence-corrected chi connectivity index (χ4v) is 2.32. The van der Waals surface area contributed by atoms with Gasteiger partial charge in [0, 0.05) is 7.11 Å². The van der Waals surface area contributed by atoms with E-state index in [0.717, 1.165) is 19.3 Å². The topological polar surface area (TPSA) is 68.6 Å². The van der Waals surface area contributed by atoms with Crippen LogP contribution in [0.5, 0.6) is 5.75 Å².